The van der Waals surface area contributed by atoms with E-state index in [-0.39, 0.29) is 5.82 Å². The molecule has 3 heteroatoms. The van der Waals surface area contributed by atoms with E-state index in [0.29, 0.717) is 6.54 Å². The van der Waals surface area contributed by atoms with Crippen molar-refractivity contribution in [1.82, 2.24) is 9.55 Å². The fourth-order valence-corrected chi connectivity index (χ4v) is 1.87. The van der Waals surface area contributed by atoms with Crippen molar-refractivity contribution in [3.63, 3.8) is 0 Å². The normalized spacial score (nSPS) is 10.9. The third-order valence-corrected chi connectivity index (χ3v) is 2.72. The van der Waals surface area contributed by atoms with Crippen molar-refractivity contribution in [3.05, 3.63) is 66.2 Å². The van der Waals surface area contributed by atoms with Gasteiger partial charge in [-0.15, -0.1) is 0 Å². The maximum Gasteiger partial charge on any atom is 0.131 e. The van der Waals surface area contributed by atoms with E-state index in [2.05, 4.69) is 11.1 Å². The minimum absolute atomic E-state index is 0.329. The average molecular weight is 225 g/mol. The molecule has 0 fully saturated rings. The molecule has 0 unspecified atom stereocenters. The number of halogens is 1. The number of aromatic nitrogens is 2. The summed E-state index contributed by atoms with van der Waals surface area (Å²) in [6.45, 7) is 0.678. The largest absolute Gasteiger partial charge is 0.326 e. The van der Waals surface area contributed by atoms with Crippen molar-refractivity contribution < 1.29 is 4.39 Å². The SMILES string of the molecule is Fc1[c]cc(Cn2cnc3ccccc32)cc1. The number of rotatable bonds is 2. The van der Waals surface area contributed by atoms with Crippen LogP contribution in [0, 0.1) is 11.9 Å². The molecule has 3 aromatic rings. The minimum atomic E-state index is -0.329. The summed E-state index contributed by atoms with van der Waals surface area (Å²) in [5.41, 5.74) is 3.06. The highest BCUT2D eigenvalue weighted by Gasteiger charge is 2.02. The molecular weight excluding hydrogens is 215 g/mol. The molecule has 1 radical (unpaired) electrons. The fraction of sp³-hybridized carbons (Fsp3) is 0.0714. The molecule has 3 rings (SSSR count). The fourth-order valence-electron chi connectivity index (χ4n) is 1.87. The lowest BCUT2D eigenvalue weighted by atomic mass is 10.2. The molecule has 0 amide bonds. The second-order valence-corrected chi connectivity index (χ2v) is 3.91. The van der Waals surface area contributed by atoms with Crippen molar-refractivity contribution in [1.29, 1.82) is 0 Å². The zero-order valence-electron chi connectivity index (χ0n) is 9.10. The molecule has 0 N–H and O–H groups in total. The zero-order chi connectivity index (χ0) is 11.7. The van der Waals surface area contributed by atoms with Gasteiger partial charge < -0.3 is 4.57 Å². The Labute approximate surface area is 98.3 Å². The van der Waals surface area contributed by atoms with Crippen LogP contribution < -0.4 is 0 Å². The summed E-state index contributed by atoms with van der Waals surface area (Å²) < 4.78 is 14.8. The summed E-state index contributed by atoms with van der Waals surface area (Å²) in [5.74, 6) is -0.329. The lowest BCUT2D eigenvalue weighted by Gasteiger charge is -2.04. The van der Waals surface area contributed by atoms with Gasteiger partial charge in [-0.05, 0) is 29.8 Å². The smallest absolute Gasteiger partial charge is 0.131 e. The molecule has 0 saturated heterocycles. The van der Waals surface area contributed by atoms with Gasteiger partial charge in [-0.3, -0.25) is 0 Å². The van der Waals surface area contributed by atoms with Gasteiger partial charge in [0.1, 0.15) is 5.82 Å². The highest BCUT2D eigenvalue weighted by Crippen LogP contribution is 2.14. The Morgan fingerprint density at radius 1 is 1.18 bits per heavy atom. The first-order valence-electron chi connectivity index (χ1n) is 5.39. The lowest BCUT2D eigenvalue weighted by molar-refractivity contribution is 0.624. The Kier molecular flexibility index (Phi) is 2.37. The first-order valence-corrected chi connectivity index (χ1v) is 5.39. The minimum Gasteiger partial charge on any atom is -0.326 e. The molecule has 0 aliphatic heterocycles. The van der Waals surface area contributed by atoms with Gasteiger partial charge >= 0.3 is 0 Å². The first kappa shape index (κ1) is 10.0. The zero-order valence-corrected chi connectivity index (χ0v) is 9.10. The summed E-state index contributed by atoms with van der Waals surface area (Å²) in [7, 11) is 0. The number of fused-ring (bicyclic) bond motifs is 1. The molecule has 2 nitrogen and oxygen atoms in total. The lowest BCUT2D eigenvalue weighted by Crippen LogP contribution is -1.97. The highest BCUT2D eigenvalue weighted by atomic mass is 19.1. The van der Waals surface area contributed by atoms with Gasteiger partial charge in [-0.1, -0.05) is 18.2 Å². The molecular formula is C14H10FN2. The van der Waals surface area contributed by atoms with Crippen molar-refractivity contribution in [2.24, 2.45) is 0 Å². The molecule has 17 heavy (non-hydrogen) atoms. The van der Waals surface area contributed by atoms with Crippen LogP contribution in [-0.4, -0.2) is 9.55 Å². The van der Waals surface area contributed by atoms with Crippen LogP contribution in [0.25, 0.3) is 11.0 Å². The quantitative estimate of drug-likeness (QED) is 0.655. The molecule has 0 aliphatic carbocycles. The summed E-state index contributed by atoms with van der Waals surface area (Å²) in [4.78, 5) is 4.31. The molecule has 1 heterocycles. The summed E-state index contributed by atoms with van der Waals surface area (Å²) in [6.07, 6.45) is 1.80. The predicted octanol–water partition coefficient (Wildman–Crippen LogP) is 3.02. The van der Waals surface area contributed by atoms with Crippen molar-refractivity contribution in [3.8, 4) is 0 Å². The van der Waals surface area contributed by atoms with Crippen molar-refractivity contribution in [2.45, 2.75) is 6.54 Å². The third-order valence-electron chi connectivity index (χ3n) is 2.72. The van der Waals surface area contributed by atoms with Crippen molar-refractivity contribution in [2.75, 3.05) is 0 Å². The van der Waals surface area contributed by atoms with Gasteiger partial charge in [0.05, 0.1) is 17.4 Å². The van der Waals surface area contributed by atoms with Crippen LogP contribution in [0.5, 0.6) is 0 Å². The maximum absolute atomic E-state index is 12.7. The van der Waals surface area contributed by atoms with Crippen LogP contribution in [0.1, 0.15) is 5.56 Å². The van der Waals surface area contributed by atoms with Gasteiger partial charge in [-0.25, -0.2) is 9.37 Å². The first-order chi connectivity index (χ1) is 8.33. The van der Waals surface area contributed by atoms with E-state index in [4.69, 9.17) is 0 Å². The number of imidazole rings is 1. The van der Waals surface area contributed by atoms with E-state index in [1.54, 1.807) is 18.5 Å². The number of benzene rings is 2. The number of nitrogens with zero attached hydrogens (tertiary/aromatic N) is 2. The van der Waals surface area contributed by atoms with Crippen LogP contribution in [-0.2, 0) is 6.54 Å². The number of hydrogen-bond acceptors (Lipinski definition) is 1. The van der Waals surface area contributed by atoms with Crippen LogP contribution in [0.2, 0.25) is 0 Å². The average Bonchev–Trinajstić information content (AvgIpc) is 2.76. The Hall–Kier alpha value is -2.16. The molecule has 0 atom stereocenters. The summed E-state index contributed by atoms with van der Waals surface area (Å²) in [5, 5.41) is 0. The van der Waals surface area contributed by atoms with E-state index in [1.165, 1.54) is 6.07 Å². The van der Waals surface area contributed by atoms with Crippen molar-refractivity contribution >= 4 is 11.0 Å². The number of para-hydroxylation sites is 2. The van der Waals surface area contributed by atoms with Gasteiger partial charge in [0.25, 0.3) is 0 Å². The van der Waals surface area contributed by atoms with Crippen LogP contribution >= 0.6 is 0 Å². The predicted molar refractivity (Wildman–Crippen MR) is 64.1 cm³/mol. The van der Waals surface area contributed by atoms with Gasteiger partial charge in [0, 0.05) is 12.6 Å². The molecule has 83 valence electrons. The van der Waals surface area contributed by atoms with E-state index in [0.717, 1.165) is 16.6 Å². The Morgan fingerprint density at radius 2 is 2.06 bits per heavy atom. The van der Waals surface area contributed by atoms with Gasteiger partial charge in [0.15, 0.2) is 0 Å². The highest BCUT2D eigenvalue weighted by molar-refractivity contribution is 5.75. The topological polar surface area (TPSA) is 17.8 Å². The van der Waals surface area contributed by atoms with Crippen LogP contribution in [0.15, 0.2) is 48.8 Å². The monoisotopic (exact) mass is 225 g/mol. The summed E-state index contributed by atoms with van der Waals surface area (Å²) >= 11 is 0. The van der Waals surface area contributed by atoms with E-state index in [1.807, 2.05) is 28.8 Å². The van der Waals surface area contributed by atoms with Crippen LogP contribution in [0.4, 0.5) is 4.39 Å². The Balaban J connectivity index is 1.97. The van der Waals surface area contributed by atoms with E-state index in [9.17, 15) is 4.39 Å². The van der Waals surface area contributed by atoms with Crippen LogP contribution in [0.3, 0.4) is 0 Å². The molecule has 0 bridgehead atoms. The standard InChI is InChI=1S/C14H10FN2/c15-12-7-5-11(6-8-12)9-17-10-16-13-3-1-2-4-14(13)17/h1-7,10H,9H2. The molecule has 0 aliphatic rings. The second-order valence-electron chi connectivity index (χ2n) is 3.91. The van der Waals surface area contributed by atoms with Gasteiger partial charge in [-0.2, -0.15) is 0 Å². The maximum atomic E-state index is 12.7. The second kappa shape index (κ2) is 4.01. The Bertz CT molecular complexity index is 641. The number of hydrogen-bond donors (Lipinski definition) is 0. The molecule has 0 spiro atoms. The molecule has 2 aromatic carbocycles. The molecule has 0 saturated carbocycles. The third kappa shape index (κ3) is 1.91. The van der Waals surface area contributed by atoms with E-state index >= 15 is 0 Å². The van der Waals surface area contributed by atoms with E-state index < -0.39 is 0 Å². The van der Waals surface area contributed by atoms with Gasteiger partial charge in [0.2, 0.25) is 0 Å². The summed E-state index contributed by atoms with van der Waals surface area (Å²) in [6, 6.07) is 15.4. The Morgan fingerprint density at radius 3 is 2.88 bits per heavy atom. The molecule has 1 aromatic heterocycles.